The summed E-state index contributed by atoms with van der Waals surface area (Å²) in [5.74, 6) is 0.415. The predicted octanol–water partition coefficient (Wildman–Crippen LogP) is 3.98. The van der Waals surface area contributed by atoms with E-state index in [4.69, 9.17) is 0 Å². The first-order valence-corrected chi connectivity index (χ1v) is 7.42. The SMILES string of the molecule is CCC(CNC(=O)c1ccc(C)s1)c1ccccc1. The number of carbonyl (C=O) groups is 1. The summed E-state index contributed by atoms with van der Waals surface area (Å²) in [5, 5.41) is 3.03. The van der Waals surface area contributed by atoms with E-state index in [1.54, 1.807) is 0 Å². The Morgan fingerprint density at radius 3 is 2.53 bits per heavy atom. The van der Waals surface area contributed by atoms with Gasteiger partial charge in [0.05, 0.1) is 4.88 Å². The minimum absolute atomic E-state index is 0.0347. The molecule has 0 fully saturated rings. The number of amides is 1. The monoisotopic (exact) mass is 273 g/mol. The quantitative estimate of drug-likeness (QED) is 0.877. The van der Waals surface area contributed by atoms with Crippen molar-refractivity contribution in [3.8, 4) is 0 Å². The summed E-state index contributed by atoms with van der Waals surface area (Å²) < 4.78 is 0. The lowest BCUT2D eigenvalue weighted by Crippen LogP contribution is -2.27. The van der Waals surface area contributed by atoms with Gasteiger partial charge in [0.25, 0.3) is 5.91 Å². The number of nitrogens with one attached hydrogen (secondary N) is 1. The third-order valence-electron chi connectivity index (χ3n) is 3.24. The Labute approximate surface area is 118 Å². The lowest BCUT2D eigenvalue weighted by molar-refractivity contribution is 0.0955. The zero-order valence-corrected chi connectivity index (χ0v) is 12.2. The van der Waals surface area contributed by atoms with Crippen molar-refractivity contribution in [1.29, 1.82) is 0 Å². The standard InChI is InChI=1S/C16H19NOS/c1-3-13(14-7-5-4-6-8-14)11-17-16(18)15-10-9-12(2)19-15/h4-10,13H,3,11H2,1-2H3,(H,17,18). The fraction of sp³-hybridized carbons (Fsp3) is 0.312. The van der Waals surface area contributed by atoms with E-state index >= 15 is 0 Å². The van der Waals surface area contributed by atoms with Crippen LogP contribution in [0.25, 0.3) is 0 Å². The number of benzene rings is 1. The van der Waals surface area contributed by atoms with E-state index < -0.39 is 0 Å². The van der Waals surface area contributed by atoms with E-state index in [1.807, 2.05) is 37.3 Å². The highest BCUT2D eigenvalue weighted by Gasteiger charge is 2.12. The van der Waals surface area contributed by atoms with Crippen LogP contribution in [0.1, 0.15) is 39.4 Å². The maximum Gasteiger partial charge on any atom is 0.261 e. The van der Waals surface area contributed by atoms with Crippen molar-refractivity contribution in [3.05, 3.63) is 57.8 Å². The number of rotatable bonds is 5. The molecule has 0 aliphatic heterocycles. The Morgan fingerprint density at radius 1 is 1.21 bits per heavy atom. The van der Waals surface area contributed by atoms with Crippen molar-refractivity contribution in [2.24, 2.45) is 0 Å². The smallest absolute Gasteiger partial charge is 0.261 e. The van der Waals surface area contributed by atoms with Crippen LogP contribution in [-0.2, 0) is 0 Å². The maximum absolute atomic E-state index is 12.0. The molecular formula is C16H19NOS. The van der Waals surface area contributed by atoms with Crippen molar-refractivity contribution in [1.82, 2.24) is 5.32 Å². The normalized spacial score (nSPS) is 12.1. The number of thiophene rings is 1. The molecule has 0 spiro atoms. The first-order valence-electron chi connectivity index (χ1n) is 6.60. The molecule has 1 aromatic heterocycles. The Kier molecular flexibility index (Phi) is 4.74. The third kappa shape index (κ3) is 3.67. The van der Waals surface area contributed by atoms with Crippen LogP contribution in [0.2, 0.25) is 0 Å². The molecule has 2 rings (SSSR count). The summed E-state index contributed by atoms with van der Waals surface area (Å²) in [5.41, 5.74) is 1.28. The summed E-state index contributed by atoms with van der Waals surface area (Å²) in [7, 11) is 0. The lowest BCUT2D eigenvalue weighted by atomic mass is 9.96. The van der Waals surface area contributed by atoms with Crippen LogP contribution in [0, 0.1) is 6.92 Å². The summed E-state index contributed by atoms with van der Waals surface area (Å²) in [6.07, 6.45) is 1.02. The van der Waals surface area contributed by atoms with Crippen molar-refractivity contribution in [2.75, 3.05) is 6.54 Å². The van der Waals surface area contributed by atoms with Crippen molar-refractivity contribution in [3.63, 3.8) is 0 Å². The lowest BCUT2D eigenvalue weighted by Gasteiger charge is -2.15. The van der Waals surface area contributed by atoms with Gasteiger partial charge in [-0.25, -0.2) is 0 Å². The van der Waals surface area contributed by atoms with Gasteiger partial charge in [0.15, 0.2) is 0 Å². The first-order chi connectivity index (χ1) is 9.20. The molecule has 1 atom stereocenters. The second-order valence-corrected chi connectivity index (χ2v) is 5.92. The van der Waals surface area contributed by atoms with Crippen LogP contribution in [0.15, 0.2) is 42.5 Å². The molecule has 0 bridgehead atoms. The number of hydrogen-bond donors (Lipinski definition) is 1. The molecule has 0 saturated heterocycles. The van der Waals surface area contributed by atoms with Crippen LogP contribution in [0.4, 0.5) is 0 Å². The van der Waals surface area contributed by atoms with Gasteiger partial charge in [-0.3, -0.25) is 4.79 Å². The molecule has 0 saturated carbocycles. The zero-order chi connectivity index (χ0) is 13.7. The Hall–Kier alpha value is -1.61. The van der Waals surface area contributed by atoms with Crippen LogP contribution in [-0.4, -0.2) is 12.5 Å². The molecule has 19 heavy (non-hydrogen) atoms. The molecular weight excluding hydrogens is 254 g/mol. The fourth-order valence-electron chi connectivity index (χ4n) is 2.08. The number of aryl methyl sites for hydroxylation is 1. The second kappa shape index (κ2) is 6.53. The molecule has 1 heterocycles. The van der Waals surface area contributed by atoms with Gasteiger partial charge in [-0.2, -0.15) is 0 Å². The Bertz CT molecular complexity index is 533. The molecule has 3 heteroatoms. The molecule has 2 aromatic rings. The summed E-state index contributed by atoms with van der Waals surface area (Å²) in [6, 6.07) is 14.2. The largest absolute Gasteiger partial charge is 0.351 e. The number of hydrogen-bond acceptors (Lipinski definition) is 2. The molecule has 2 nitrogen and oxygen atoms in total. The predicted molar refractivity (Wildman–Crippen MR) is 80.9 cm³/mol. The molecule has 100 valence electrons. The highest BCUT2D eigenvalue weighted by Crippen LogP contribution is 2.19. The van der Waals surface area contributed by atoms with E-state index in [1.165, 1.54) is 21.8 Å². The second-order valence-electron chi connectivity index (χ2n) is 4.64. The summed E-state index contributed by atoms with van der Waals surface area (Å²) in [4.78, 5) is 14.0. The van der Waals surface area contributed by atoms with Crippen LogP contribution >= 0.6 is 11.3 Å². The molecule has 1 N–H and O–H groups in total. The van der Waals surface area contributed by atoms with Gasteiger partial charge in [-0.05, 0) is 31.0 Å². The van der Waals surface area contributed by atoms with Crippen molar-refractivity contribution < 1.29 is 4.79 Å². The average molecular weight is 273 g/mol. The highest BCUT2D eigenvalue weighted by molar-refractivity contribution is 7.13. The van der Waals surface area contributed by atoms with Crippen LogP contribution < -0.4 is 5.32 Å². The van der Waals surface area contributed by atoms with Gasteiger partial charge >= 0.3 is 0 Å². The average Bonchev–Trinajstić information content (AvgIpc) is 2.87. The first kappa shape index (κ1) is 13.8. The van der Waals surface area contributed by atoms with Crippen LogP contribution in [0.5, 0.6) is 0 Å². The van der Waals surface area contributed by atoms with Gasteiger partial charge in [0, 0.05) is 17.3 Å². The molecule has 0 radical (unpaired) electrons. The molecule has 0 aliphatic rings. The molecule has 1 aromatic carbocycles. The van der Waals surface area contributed by atoms with E-state index in [2.05, 4.69) is 24.4 Å². The Morgan fingerprint density at radius 2 is 1.95 bits per heavy atom. The third-order valence-corrected chi connectivity index (χ3v) is 4.24. The van der Waals surface area contributed by atoms with Crippen LogP contribution in [0.3, 0.4) is 0 Å². The Balaban J connectivity index is 1.95. The van der Waals surface area contributed by atoms with Gasteiger partial charge < -0.3 is 5.32 Å². The summed E-state index contributed by atoms with van der Waals surface area (Å²) >= 11 is 1.54. The summed E-state index contributed by atoms with van der Waals surface area (Å²) in [6.45, 7) is 4.86. The number of carbonyl (C=O) groups excluding carboxylic acids is 1. The van der Waals surface area contributed by atoms with Crippen molar-refractivity contribution in [2.45, 2.75) is 26.2 Å². The van der Waals surface area contributed by atoms with E-state index in [-0.39, 0.29) is 5.91 Å². The molecule has 0 aliphatic carbocycles. The molecule has 1 amide bonds. The van der Waals surface area contributed by atoms with Gasteiger partial charge in [0.1, 0.15) is 0 Å². The maximum atomic E-state index is 12.0. The highest BCUT2D eigenvalue weighted by atomic mass is 32.1. The van der Waals surface area contributed by atoms with Gasteiger partial charge in [0.2, 0.25) is 0 Å². The topological polar surface area (TPSA) is 29.1 Å². The van der Waals surface area contributed by atoms with Crippen molar-refractivity contribution >= 4 is 17.2 Å². The van der Waals surface area contributed by atoms with E-state index in [0.29, 0.717) is 12.5 Å². The molecule has 1 unspecified atom stereocenters. The van der Waals surface area contributed by atoms with Gasteiger partial charge in [-0.1, -0.05) is 37.3 Å². The fourth-order valence-corrected chi connectivity index (χ4v) is 2.87. The van der Waals surface area contributed by atoms with Gasteiger partial charge in [-0.15, -0.1) is 11.3 Å². The zero-order valence-electron chi connectivity index (χ0n) is 11.3. The minimum Gasteiger partial charge on any atom is -0.351 e. The van der Waals surface area contributed by atoms with E-state index in [0.717, 1.165) is 11.3 Å². The van der Waals surface area contributed by atoms with E-state index in [9.17, 15) is 4.79 Å². The minimum atomic E-state index is 0.0347.